The van der Waals surface area contributed by atoms with E-state index in [2.05, 4.69) is 10.6 Å². The van der Waals surface area contributed by atoms with Crippen LogP contribution in [0.4, 0.5) is 0 Å². The first-order chi connectivity index (χ1) is 15.9. The summed E-state index contributed by atoms with van der Waals surface area (Å²) in [6.07, 6.45) is 0.275. The van der Waals surface area contributed by atoms with Crippen LogP contribution in [0.15, 0.2) is 48.5 Å². The second-order valence-corrected chi connectivity index (χ2v) is 9.24. The SMILES string of the molecule is COc1ccc2c3c(n(C)c2c1)[C@H](CO)N(C(=O)Cc1ccccc1)CC31CN(C(C)=O)C1. The van der Waals surface area contributed by atoms with E-state index in [-0.39, 0.29) is 30.3 Å². The fourth-order valence-electron chi connectivity index (χ4n) is 5.66. The van der Waals surface area contributed by atoms with E-state index in [4.69, 9.17) is 4.74 Å². The number of aliphatic hydroxyl groups excluding tert-OH is 1. The molecule has 3 aromatic rings. The molecular weight excluding hydrogens is 418 g/mol. The number of carbonyl (C=O) groups excluding carboxylic acids is 2. The van der Waals surface area contributed by atoms with Crippen molar-refractivity contribution in [1.82, 2.24) is 14.4 Å². The number of aryl methyl sites for hydroxylation is 1. The molecule has 0 aliphatic carbocycles. The summed E-state index contributed by atoms with van der Waals surface area (Å²) in [6.45, 7) is 3.02. The number of methoxy groups -OCH3 is 1. The van der Waals surface area contributed by atoms with E-state index in [9.17, 15) is 14.7 Å². The number of hydrogen-bond donors (Lipinski definition) is 1. The van der Waals surface area contributed by atoms with E-state index in [0.29, 0.717) is 19.6 Å². The minimum Gasteiger partial charge on any atom is -0.497 e. The highest BCUT2D eigenvalue weighted by Gasteiger charge is 2.54. The number of nitrogens with zero attached hydrogens (tertiary/aromatic N) is 3. The van der Waals surface area contributed by atoms with Crippen LogP contribution in [-0.2, 0) is 28.5 Å². The highest BCUT2D eigenvalue weighted by atomic mass is 16.5. The van der Waals surface area contributed by atoms with Gasteiger partial charge in [-0.1, -0.05) is 30.3 Å². The van der Waals surface area contributed by atoms with Crippen molar-refractivity contribution < 1.29 is 19.4 Å². The Morgan fingerprint density at radius 3 is 2.48 bits per heavy atom. The minimum atomic E-state index is -0.448. The maximum Gasteiger partial charge on any atom is 0.227 e. The van der Waals surface area contributed by atoms with Gasteiger partial charge in [-0.15, -0.1) is 0 Å². The summed E-state index contributed by atoms with van der Waals surface area (Å²) >= 11 is 0. The zero-order chi connectivity index (χ0) is 23.3. The molecule has 3 heterocycles. The average Bonchev–Trinajstić information content (AvgIpc) is 3.09. The summed E-state index contributed by atoms with van der Waals surface area (Å²) in [5.41, 5.74) is 3.67. The van der Waals surface area contributed by atoms with Crippen molar-refractivity contribution >= 4 is 22.7 Å². The maximum atomic E-state index is 13.5. The van der Waals surface area contributed by atoms with Gasteiger partial charge < -0.3 is 24.2 Å². The molecule has 0 radical (unpaired) electrons. The van der Waals surface area contributed by atoms with Crippen LogP contribution in [0.2, 0.25) is 0 Å². The molecule has 1 atom stereocenters. The number of ether oxygens (including phenoxy) is 1. The van der Waals surface area contributed by atoms with Crippen LogP contribution in [0.5, 0.6) is 5.75 Å². The number of benzene rings is 2. The van der Waals surface area contributed by atoms with Crippen LogP contribution in [-0.4, -0.2) is 64.6 Å². The van der Waals surface area contributed by atoms with Crippen LogP contribution >= 0.6 is 0 Å². The largest absolute Gasteiger partial charge is 0.497 e. The normalized spacial score (nSPS) is 18.8. The van der Waals surface area contributed by atoms with Crippen molar-refractivity contribution in [3.8, 4) is 5.75 Å². The number of aromatic nitrogens is 1. The van der Waals surface area contributed by atoms with Crippen LogP contribution in [0, 0.1) is 0 Å². The Hall–Kier alpha value is -3.32. The van der Waals surface area contributed by atoms with Gasteiger partial charge in [0.2, 0.25) is 11.8 Å². The average molecular weight is 448 g/mol. The number of carbonyl (C=O) groups is 2. The number of likely N-dealkylation sites (tertiary alicyclic amines) is 1. The zero-order valence-electron chi connectivity index (χ0n) is 19.2. The van der Waals surface area contributed by atoms with E-state index >= 15 is 0 Å². The van der Waals surface area contributed by atoms with Gasteiger partial charge in [-0.2, -0.15) is 0 Å². The molecule has 172 valence electrons. The summed E-state index contributed by atoms with van der Waals surface area (Å²) in [5, 5.41) is 11.6. The van der Waals surface area contributed by atoms with Crippen molar-refractivity contribution in [2.75, 3.05) is 33.4 Å². The second kappa shape index (κ2) is 7.92. The summed E-state index contributed by atoms with van der Waals surface area (Å²) in [5.74, 6) is 0.774. The molecule has 2 aliphatic heterocycles. The first kappa shape index (κ1) is 21.5. The van der Waals surface area contributed by atoms with E-state index in [1.807, 2.05) is 59.3 Å². The van der Waals surface area contributed by atoms with Crippen molar-refractivity contribution in [2.24, 2.45) is 7.05 Å². The molecule has 2 aromatic carbocycles. The molecule has 33 heavy (non-hydrogen) atoms. The fraction of sp³-hybridized carbons (Fsp3) is 0.385. The molecular formula is C26H29N3O4. The van der Waals surface area contributed by atoms with E-state index < -0.39 is 6.04 Å². The highest BCUT2D eigenvalue weighted by Crippen LogP contribution is 2.49. The third-order valence-electron chi connectivity index (χ3n) is 7.27. The molecule has 1 spiro atoms. The molecule has 0 unspecified atom stereocenters. The summed E-state index contributed by atoms with van der Waals surface area (Å²) < 4.78 is 7.53. The lowest BCUT2D eigenvalue weighted by Crippen LogP contribution is -2.68. The quantitative estimate of drug-likeness (QED) is 0.667. The molecule has 0 bridgehead atoms. The Kier molecular flexibility index (Phi) is 5.16. The molecule has 1 fully saturated rings. The van der Waals surface area contributed by atoms with Gasteiger partial charge in [-0.05, 0) is 23.3 Å². The molecule has 1 aromatic heterocycles. The molecule has 1 N–H and O–H groups in total. The maximum absolute atomic E-state index is 13.5. The number of aliphatic hydroxyl groups is 1. The lowest BCUT2D eigenvalue weighted by molar-refractivity contribution is -0.143. The number of fused-ring (bicyclic) bond motifs is 4. The number of hydrogen-bond acceptors (Lipinski definition) is 4. The monoisotopic (exact) mass is 447 g/mol. The topological polar surface area (TPSA) is 75.0 Å². The van der Waals surface area contributed by atoms with Crippen molar-refractivity contribution in [3.05, 3.63) is 65.4 Å². The van der Waals surface area contributed by atoms with Gasteiger partial charge >= 0.3 is 0 Å². The van der Waals surface area contributed by atoms with Crippen LogP contribution < -0.4 is 4.74 Å². The van der Waals surface area contributed by atoms with Crippen LogP contribution in [0.25, 0.3) is 10.9 Å². The smallest absolute Gasteiger partial charge is 0.227 e. The fourth-order valence-corrected chi connectivity index (χ4v) is 5.66. The molecule has 1 saturated heterocycles. The molecule has 2 amide bonds. The predicted molar refractivity (Wildman–Crippen MR) is 125 cm³/mol. The van der Waals surface area contributed by atoms with Gasteiger partial charge in [-0.25, -0.2) is 0 Å². The van der Waals surface area contributed by atoms with Gasteiger partial charge in [0.1, 0.15) is 5.75 Å². The zero-order valence-corrected chi connectivity index (χ0v) is 19.2. The van der Waals surface area contributed by atoms with E-state index in [1.165, 1.54) is 0 Å². The van der Waals surface area contributed by atoms with Gasteiger partial charge in [0.15, 0.2) is 0 Å². The standard InChI is InChI=1S/C26H29N3O4/c1-17(31)28-14-26(15-28)16-29(23(32)11-18-7-5-4-6-8-18)22(13-30)25-24(26)20-10-9-19(33-3)12-21(20)27(25)2/h4-10,12,22,30H,11,13-16H2,1-3H3/t22-/m0/s1. The van der Waals surface area contributed by atoms with Crippen molar-refractivity contribution in [3.63, 3.8) is 0 Å². The lowest BCUT2D eigenvalue weighted by Gasteiger charge is -2.56. The van der Waals surface area contributed by atoms with Gasteiger partial charge in [0.25, 0.3) is 0 Å². The summed E-state index contributed by atoms with van der Waals surface area (Å²) in [4.78, 5) is 29.2. The molecule has 0 saturated carbocycles. The van der Waals surface area contributed by atoms with E-state index in [0.717, 1.165) is 33.5 Å². The molecule has 7 heteroatoms. The Morgan fingerprint density at radius 2 is 1.85 bits per heavy atom. The van der Waals surface area contributed by atoms with Crippen LogP contribution in [0.3, 0.4) is 0 Å². The second-order valence-electron chi connectivity index (χ2n) is 9.24. The first-order valence-corrected chi connectivity index (χ1v) is 11.2. The third-order valence-corrected chi connectivity index (χ3v) is 7.27. The summed E-state index contributed by atoms with van der Waals surface area (Å²) in [7, 11) is 3.62. The van der Waals surface area contributed by atoms with Crippen LogP contribution in [0.1, 0.15) is 29.8 Å². The van der Waals surface area contributed by atoms with Gasteiger partial charge in [0, 0.05) is 50.8 Å². The summed E-state index contributed by atoms with van der Waals surface area (Å²) in [6, 6.07) is 15.2. The van der Waals surface area contributed by atoms with Crippen molar-refractivity contribution in [2.45, 2.75) is 24.8 Å². The molecule has 5 rings (SSSR count). The first-order valence-electron chi connectivity index (χ1n) is 11.2. The van der Waals surface area contributed by atoms with Crippen molar-refractivity contribution in [1.29, 1.82) is 0 Å². The molecule has 7 nitrogen and oxygen atoms in total. The van der Waals surface area contributed by atoms with Gasteiger partial charge in [-0.3, -0.25) is 9.59 Å². The molecule has 2 aliphatic rings. The lowest BCUT2D eigenvalue weighted by atomic mass is 9.68. The Balaban J connectivity index is 1.64. The third kappa shape index (κ3) is 3.30. The van der Waals surface area contributed by atoms with Gasteiger partial charge in [0.05, 0.1) is 37.1 Å². The van der Waals surface area contributed by atoms with E-state index in [1.54, 1.807) is 14.0 Å². The Bertz CT molecular complexity index is 1230. The number of amides is 2. The number of rotatable bonds is 4. The Morgan fingerprint density at radius 1 is 1.12 bits per heavy atom. The Labute approximate surface area is 193 Å². The highest BCUT2D eigenvalue weighted by molar-refractivity contribution is 5.90. The minimum absolute atomic E-state index is 0.0191. The predicted octanol–water partition coefficient (Wildman–Crippen LogP) is 2.41.